The van der Waals surface area contributed by atoms with E-state index in [1.54, 1.807) is 18.4 Å². The lowest BCUT2D eigenvalue weighted by molar-refractivity contribution is 0.0940. The number of thiophene rings is 1. The molecular weight excluding hydrogens is 350 g/mol. The first kappa shape index (κ1) is 18.2. The number of carbonyl (C=O) groups excluding carboxylic acids is 1. The smallest absolute Gasteiger partial charge is 0.255 e. The monoisotopic (exact) mass is 371 g/mol. The Morgan fingerprint density at radius 1 is 1.42 bits per heavy atom. The molecule has 0 aliphatic rings. The number of hydrogen-bond donors (Lipinski definition) is 3. The number of carbonyl (C=O) groups is 1. The highest BCUT2D eigenvalue weighted by Crippen LogP contribution is 2.25. The van der Waals surface area contributed by atoms with Gasteiger partial charge in [-0.15, -0.1) is 0 Å². The Morgan fingerprint density at radius 3 is 3.04 bits per heavy atom. The summed E-state index contributed by atoms with van der Waals surface area (Å²) >= 11 is 1.63. The Bertz CT molecular complexity index is 845. The summed E-state index contributed by atoms with van der Waals surface area (Å²) in [7, 11) is 1.60. The molecule has 3 aromatic rings. The summed E-state index contributed by atoms with van der Waals surface area (Å²) < 4.78 is 5.23. The van der Waals surface area contributed by atoms with E-state index >= 15 is 0 Å². The summed E-state index contributed by atoms with van der Waals surface area (Å²) in [5.41, 5.74) is 3.10. The van der Waals surface area contributed by atoms with Crippen LogP contribution in [-0.4, -0.2) is 41.5 Å². The van der Waals surface area contributed by atoms with Crippen molar-refractivity contribution in [2.24, 2.45) is 5.92 Å². The third-order valence-electron chi connectivity index (χ3n) is 4.16. The Hall–Kier alpha value is -2.64. The molecule has 136 valence electrons. The molecule has 6 nitrogen and oxygen atoms in total. The van der Waals surface area contributed by atoms with E-state index in [0.29, 0.717) is 23.6 Å². The van der Waals surface area contributed by atoms with E-state index in [9.17, 15) is 9.90 Å². The zero-order valence-electron chi connectivity index (χ0n) is 14.4. The number of aliphatic hydroxyl groups is 1. The average Bonchev–Trinajstić information content (AvgIpc) is 3.36. The summed E-state index contributed by atoms with van der Waals surface area (Å²) in [6, 6.07) is 9.47. The second-order valence-electron chi connectivity index (χ2n) is 5.98. The average molecular weight is 371 g/mol. The van der Waals surface area contributed by atoms with Gasteiger partial charge in [-0.1, -0.05) is 12.1 Å². The molecule has 1 amide bonds. The maximum atomic E-state index is 12.6. The quantitative estimate of drug-likeness (QED) is 0.568. The van der Waals surface area contributed by atoms with Gasteiger partial charge >= 0.3 is 0 Å². The first-order valence-corrected chi connectivity index (χ1v) is 9.23. The van der Waals surface area contributed by atoms with Gasteiger partial charge < -0.3 is 15.2 Å². The molecule has 2 aromatic heterocycles. The largest absolute Gasteiger partial charge is 0.497 e. The highest BCUT2D eigenvalue weighted by Gasteiger charge is 2.17. The minimum atomic E-state index is -0.222. The fourth-order valence-corrected chi connectivity index (χ4v) is 3.41. The van der Waals surface area contributed by atoms with Gasteiger partial charge in [-0.2, -0.15) is 16.4 Å². The first-order valence-electron chi connectivity index (χ1n) is 8.29. The maximum absolute atomic E-state index is 12.6. The Balaban J connectivity index is 1.67. The van der Waals surface area contributed by atoms with Crippen molar-refractivity contribution in [2.75, 3.05) is 20.3 Å². The van der Waals surface area contributed by atoms with Crippen molar-refractivity contribution in [1.82, 2.24) is 15.5 Å². The van der Waals surface area contributed by atoms with Crippen LogP contribution in [0.4, 0.5) is 0 Å². The van der Waals surface area contributed by atoms with Crippen molar-refractivity contribution in [2.45, 2.75) is 6.42 Å². The molecule has 1 aromatic carbocycles. The number of aliphatic hydroxyl groups excluding tert-OH is 1. The summed E-state index contributed by atoms with van der Waals surface area (Å²) in [5, 5.41) is 23.4. The van der Waals surface area contributed by atoms with Crippen molar-refractivity contribution < 1.29 is 14.6 Å². The number of aromatic amines is 1. The molecular formula is C19H21N3O3S. The number of methoxy groups -OCH3 is 1. The van der Waals surface area contributed by atoms with Gasteiger partial charge in [-0.3, -0.25) is 9.89 Å². The summed E-state index contributed by atoms with van der Waals surface area (Å²) in [5.74, 6) is 0.459. The van der Waals surface area contributed by atoms with E-state index in [1.165, 1.54) is 11.8 Å². The molecule has 0 aliphatic carbocycles. The van der Waals surface area contributed by atoms with Crippen molar-refractivity contribution in [1.29, 1.82) is 0 Å². The van der Waals surface area contributed by atoms with Gasteiger partial charge in [0.15, 0.2) is 0 Å². The molecule has 0 fully saturated rings. The van der Waals surface area contributed by atoms with Crippen LogP contribution in [0.15, 0.2) is 47.3 Å². The lowest BCUT2D eigenvalue weighted by Gasteiger charge is -2.14. The molecule has 3 rings (SSSR count). The van der Waals surface area contributed by atoms with Crippen LogP contribution in [-0.2, 0) is 6.42 Å². The Labute approximate surface area is 155 Å². The van der Waals surface area contributed by atoms with E-state index in [2.05, 4.69) is 20.9 Å². The van der Waals surface area contributed by atoms with E-state index in [0.717, 1.165) is 12.0 Å². The molecule has 2 heterocycles. The van der Waals surface area contributed by atoms with Gasteiger partial charge in [0.25, 0.3) is 5.91 Å². The van der Waals surface area contributed by atoms with E-state index in [1.807, 2.05) is 35.7 Å². The molecule has 0 aliphatic heterocycles. The Morgan fingerprint density at radius 2 is 2.31 bits per heavy atom. The van der Waals surface area contributed by atoms with Crippen LogP contribution in [0.2, 0.25) is 0 Å². The fraction of sp³-hybridized carbons (Fsp3) is 0.263. The zero-order valence-corrected chi connectivity index (χ0v) is 15.3. The molecule has 0 spiro atoms. The standard InChI is InChI=1S/C19H21N3O3S/c1-25-16-4-2-3-15(8-16)18-17(10-21-22-18)19(24)20-9-14(11-23)7-13-5-6-26-12-13/h2-6,8,10,12,14,23H,7,9,11H2,1H3,(H,20,24)(H,21,22). The molecule has 7 heteroatoms. The molecule has 1 unspecified atom stereocenters. The number of rotatable bonds is 8. The fourth-order valence-electron chi connectivity index (χ4n) is 2.73. The minimum absolute atomic E-state index is 0.0181. The van der Waals surface area contributed by atoms with Crippen molar-refractivity contribution in [3.63, 3.8) is 0 Å². The molecule has 1 atom stereocenters. The molecule has 26 heavy (non-hydrogen) atoms. The van der Waals surface area contributed by atoms with Gasteiger partial charge in [0, 0.05) is 24.6 Å². The number of ether oxygens (including phenoxy) is 1. The Kier molecular flexibility index (Phi) is 6.04. The molecule has 0 radical (unpaired) electrons. The number of benzene rings is 1. The van der Waals surface area contributed by atoms with Gasteiger partial charge in [-0.05, 0) is 40.9 Å². The van der Waals surface area contributed by atoms with Crippen LogP contribution < -0.4 is 10.1 Å². The van der Waals surface area contributed by atoms with Crippen LogP contribution in [0.5, 0.6) is 5.75 Å². The predicted molar refractivity (Wildman–Crippen MR) is 102 cm³/mol. The maximum Gasteiger partial charge on any atom is 0.255 e. The number of nitrogens with zero attached hydrogens (tertiary/aromatic N) is 1. The second-order valence-corrected chi connectivity index (χ2v) is 6.77. The summed E-state index contributed by atoms with van der Waals surface area (Å²) in [4.78, 5) is 12.6. The van der Waals surface area contributed by atoms with Crippen LogP contribution in [0.3, 0.4) is 0 Å². The number of H-pyrrole nitrogens is 1. The second kappa shape index (κ2) is 8.64. The molecule has 0 bridgehead atoms. The van der Waals surface area contributed by atoms with Crippen LogP contribution in [0.25, 0.3) is 11.3 Å². The van der Waals surface area contributed by atoms with Gasteiger partial charge in [0.2, 0.25) is 0 Å². The van der Waals surface area contributed by atoms with E-state index < -0.39 is 0 Å². The van der Waals surface area contributed by atoms with Gasteiger partial charge in [0.05, 0.1) is 24.6 Å². The minimum Gasteiger partial charge on any atom is -0.497 e. The van der Waals surface area contributed by atoms with Gasteiger partial charge in [0.1, 0.15) is 5.75 Å². The number of aromatic nitrogens is 2. The normalized spacial score (nSPS) is 11.9. The van der Waals surface area contributed by atoms with E-state index in [-0.39, 0.29) is 18.4 Å². The zero-order chi connectivity index (χ0) is 18.4. The number of amides is 1. The molecule has 0 saturated carbocycles. The highest BCUT2D eigenvalue weighted by molar-refractivity contribution is 7.07. The predicted octanol–water partition coefficient (Wildman–Crippen LogP) is 2.73. The van der Waals surface area contributed by atoms with Crippen molar-refractivity contribution in [3.8, 4) is 17.0 Å². The van der Waals surface area contributed by atoms with E-state index in [4.69, 9.17) is 4.74 Å². The lowest BCUT2D eigenvalue weighted by Crippen LogP contribution is -2.31. The lowest BCUT2D eigenvalue weighted by atomic mass is 10.0. The van der Waals surface area contributed by atoms with Crippen LogP contribution >= 0.6 is 11.3 Å². The first-order chi connectivity index (χ1) is 12.7. The molecule has 0 saturated heterocycles. The highest BCUT2D eigenvalue weighted by atomic mass is 32.1. The third kappa shape index (κ3) is 4.30. The van der Waals surface area contributed by atoms with Crippen LogP contribution in [0, 0.1) is 5.92 Å². The van der Waals surface area contributed by atoms with Crippen molar-refractivity contribution in [3.05, 3.63) is 58.4 Å². The number of nitrogens with one attached hydrogen (secondary N) is 2. The van der Waals surface area contributed by atoms with Crippen molar-refractivity contribution >= 4 is 17.2 Å². The van der Waals surface area contributed by atoms with Crippen LogP contribution in [0.1, 0.15) is 15.9 Å². The topological polar surface area (TPSA) is 87.2 Å². The number of hydrogen-bond acceptors (Lipinski definition) is 5. The van der Waals surface area contributed by atoms with Gasteiger partial charge in [-0.25, -0.2) is 0 Å². The summed E-state index contributed by atoms with van der Waals surface area (Å²) in [6.07, 6.45) is 2.24. The summed E-state index contributed by atoms with van der Waals surface area (Å²) in [6.45, 7) is 0.415. The third-order valence-corrected chi connectivity index (χ3v) is 4.89. The molecule has 3 N–H and O–H groups in total. The SMILES string of the molecule is COc1cccc(-c2[nH]ncc2C(=O)NCC(CO)Cc2ccsc2)c1.